The summed E-state index contributed by atoms with van der Waals surface area (Å²) in [6.45, 7) is 13.4. The van der Waals surface area contributed by atoms with Crippen molar-refractivity contribution in [2.75, 3.05) is 44.2 Å². The maximum Gasteiger partial charge on any atom is 0.253 e. The average molecular weight is 543 g/mol. The van der Waals surface area contributed by atoms with Crippen molar-refractivity contribution in [3.05, 3.63) is 75.5 Å². The molecule has 40 heavy (non-hydrogen) atoms. The summed E-state index contributed by atoms with van der Waals surface area (Å²) in [6, 6.07) is 10.1. The first-order valence-corrected chi connectivity index (χ1v) is 13.9. The summed E-state index contributed by atoms with van der Waals surface area (Å²) < 4.78 is 1.92. The molecule has 4 N–H and O–H groups in total. The van der Waals surface area contributed by atoms with Crippen LogP contribution < -0.4 is 21.5 Å². The quantitative estimate of drug-likeness (QED) is 0.313. The van der Waals surface area contributed by atoms with Gasteiger partial charge in [0.1, 0.15) is 5.82 Å². The van der Waals surface area contributed by atoms with E-state index in [1.165, 1.54) is 0 Å². The number of fused-ring (bicyclic) bond motifs is 1. The van der Waals surface area contributed by atoms with Crippen LogP contribution in [0.15, 0.2) is 47.5 Å². The Balaban J connectivity index is 1.43. The van der Waals surface area contributed by atoms with Crippen molar-refractivity contribution < 1.29 is 4.79 Å². The van der Waals surface area contributed by atoms with Crippen molar-refractivity contribution in [3.8, 4) is 11.1 Å². The number of benzene rings is 1. The van der Waals surface area contributed by atoms with Gasteiger partial charge >= 0.3 is 0 Å². The van der Waals surface area contributed by atoms with Gasteiger partial charge in [-0.05, 0) is 69.2 Å². The van der Waals surface area contributed by atoms with E-state index in [9.17, 15) is 9.59 Å². The van der Waals surface area contributed by atoms with Crippen molar-refractivity contribution in [2.24, 2.45) is 5.73 Å². The summed E-state index contributed by atoms with van der Waals surface area (Å²) >= 11 is 0. The fourth-order valence-electron chi connectivity index (χ4n) is 5.40. The van der Waals surface area contributed by atoms with Crippen LogP contribution in [0.5, 0.6) is 0 Å². The van der Waals surface area contributed by atoms with E-state index in [0.717, 1.165) is 71.8 Å². The van der Waals surface area contributed by atoms with Crippen LogP contribution in [0.2, 0.25) is 0 Å². The number of nitrogens with one attached hydrogen (secondary N) is 2. The zero-order valence-electron chi connectivity index (χ0n) is 23.7. The second-order valence-corrected chi connectivity index (χ2v) is 10.8. The second-order valence-electron chi connectivity index (χ2n) is 10.8. The van der Waals surface area contributed by atoms with Crippen LogP contribution in [-0.2, 0) is 6.54 Å². The highest BCUT2D eigenvalue weighted by Crippen LogP contribution is 2.30. The molecule has 0 aliphatic carbocycles. The number of aromatic amines is 1. The van der Waals surface area contributed by atoms with Crippen molar-refractivity contribution >= 4 is 22.6 Å². The van der Waals surface area contributed by atoms with E-state index in [1.807, 2.05) is 42.9 Å². The molecule has 1 aliphatic heterocycles. The summed E-state index contributed by atoms with van der Waals surface area (Å²) in [7, 11) is 0. The molecule has 210 valence electrons. The summed E-state index contributed by atoms with van der Waals surface area (Å²) in [6.07, 6.45) is 3.61. The van der Waals surface area contributed by atoms with Gasteiger partial charge in [0.05, 0.1) is 17.3 Å². The minimum atomic E-state index is -0.255. The molecule has 1 amide bonds. The zero-order valence-corrected chi connectivity index (χ0v) is 23.7. The Hall–Kier alpha value is -4.02. The molecule has 10 heteroatoms. The number of hydrogen-bond donors (Lipinski definition) is 3. The first-order valence-electron chi connectivity index (χ1n) is 13.9. The number of rotatable bonds is 8. The zero-order chi connectivity index (χ0) is 28.4. The van der Waals surface area contributed by atoms with Gasteiger partial charge in [0.2, 0.25) is 0 Å². The molecule has 0 unspecified atom stereocenters. The molecule has 1 saturated heterocycles. The van der Waals surface area contributed by atoms with Crippen LogP contribution in [0.4, 0.5) is 5.82 Å². The van der Waals surface area contributed by atoms with Gasteiger partial charge in [0, 0.05) is 80.3 Å². The summed E-state index contributed by atoms with van der Waals surface area (Å²) in [5.74, 6) is 0.690. The number of pyridine rings is 2. The molecule has 10 nitrogen and oxygen atoms in total. The van der Waals surface area contributed by atoms with Crippen molar-refractivity contribution in [1.82, 2.24) is 30.0 Å². The SMILES string of the molecule is Cc1cc(C)c(CNC(=O)c2cc(-c3ccc(N4CCN(CCN)CC4)nc3)cc3c2cnn3C(C)C)c(=O)[nH]1. The van der Waals surface area contributed by atoms with E-state index in [1.54, 1.807) is 6.20 Å². The first kappa shape index (κ1) is 27.5. The van der Waals surface area contributed by atoms with Crippen molar-refractivity contribution in [2.45, 2.75) is 40.3 Å². The number of aromatic nitrogens is 4. The molecular weight excluding hydrogens is 504 g/mol. The van der Waals surface area contributed by atoms with E-state index in [-0.39, 0.29) is 24.1 Å². The molecule has 1 aromatic carbocycles. The highest BCUT2D eigenvalue weighted by atomic mass is 16.1. The van der Waals surface area contributed by atoms with Crippen molar-refractivity contribution in [1.29, 1.82) is 0 Å². The van der Waals surface area contributed by atoms with E-state index < -0.39 is 0 Å². The summed E-state index contributed by atoms with van der Waals surface area (Å²) in [5.41, 5.74) is 10.9. The van der Waals surface area contributed by atoms with Gasteiger partial charge < -0.3 is 20.9 Å². The first-order chi connectivity index (χ1) is 19.2. The molecule has 5 rings (SSSR count). The number of nitrogens with zero attached hydrogens (tertiary/aromatic N) is 5. The van der Waals surface area contributed by atoms with Gasteiger partial charge in [-0.1, -0.05) is 0 Å². The Morgan fingerprint density at radius 3 is 2.50 bits per heavy atom. The standard InChI is InChI=1S/C30H38N8O2/c1-19(2)38-27-15-23(22-5-6-28(32-16-22)37-11-9-36(8-7-31)10-12-37)14-24(26(27)18-34-38)29(39)33-17-25-20(3)13-21(4)35-30(25)40/h5-6,13-16,18-19H,7-12,17,31H2,1-4H3,(H,33,39)(H,35,40). The van der Waals surface area contributed by atoms with E-state index in [2.05, 4.69) is 51.2 Å². The predicted octanol–water partition coefficient (Wildman–Crippen LogP) is 3.00. The van der Waals surface area contributed by atoms with Crippen molar-refractivity contribution in [3.63, 3.8) is 0 Å². The molecule has 1 fully saturated rings. The van der Waals surface area contributed by atoms with Crippen LogP contribution in [0.3, 0.4) is 0 Å². The molecular formula is C30H38N8O2. The maximum absolute atomic E-state index is 13.5. The highest BCUT2D eigenvalue weighted by molar-refractivity contribution is 6.08. The second kappa shape index (κ2) is 11.6. The number of aryl methyl sites for hydroxylation is 2. The highest BCUT2D eigenvalue weighted by Gasteiger charge is 2.20. The number of H-pyrrole nitrogens is 1. The lowest BCUT2D eigenvalue weighted by atomic mass is 10.0. The normalized spacial score (nSPS) is 14.3. The number of amides is 1. The Morgan fingerprint density at radius 2 is 1.85 bits per heavy atom. The monoisotopic (exact) mass is 542 g/mol. The predicted molar refractivity (Wildman–Crippen MR) is 159 cm³/mol. The van der Waals surface area contributed by atoms with Gasteiger partial charge in [-0.15, -0.1) is 0 Å². The Labute approximate surface area is 234 Å². The number of carbonyl (C=O) groups is 1. The molecule has 4 heterocycles. The fraction of sp³-hybridized carbons (Fsp3) is 0.400. The minimum absolute atomic E-state index is 0.121. The van der Waals surface area contributed by atoms with Crippen LogP contribution in [0.1, 0.15) is 47.1 Å². The maximum atomic E-state index is 13.5. The fourth-order valence-corrected chi connectivity index (χ4v) is 5.40. The van der Waals surface area contributed by atoms with E-state index in [4.69, 9.17) is 10.7 Å². The van der Waals surface area contributed by atoms with Crippen LogP contribution in [0, 0.1) is 13.8 Å². The van der Waals surface area contributed by atoms with Crippen LogP contribution >= 0.6 is 0 Å². The smallest absolute Gasteiger partial charge is 0.253 e. The molecule has 4 aromatic rings. The third kappa shape index (κ3) is 5.64. The summed E-state index contributed by atoms with van der Waals surface area (Å²) in [5, 5.41) is 8.30. The largest absolute Gasteiger partial charge is 0.354 e. The Morgan fingerprint density at radius 1 is 1.07 bits per heavy atom. The molecule has 0 saturated carbocycles. The molecule has 0 spiro atoms. The summed E-state index contributed by atoms with van der Waals surface area (Å²) in [4.78, 5) is 38.3. The van der Waals surface area contributed by atoms with Gasteiger partial charge in [-0.25, -0.2) is 4.98 Å². The molecule has 3 aromatic heterocycles. The molecule has 0 bridgehead atoms. The lowest BCUT2D eigenvalue weighted by molar-refractivity contribution is 0.0952. The molecule has 1 aliphatic rings. The number of hydrogen-bond acceptors (Lipinski definition) is 7. The van der Waals surface area contributed by atoms with E-state index in [0.29, 0.717) is 17.7 Å². The third-order valence-electron chi connectivity index (χ3n) is 7.59. The van der Waals surface area contributed by atoms with Gasteiger partial charge in [0.15, 0.2) is 0 Å². The number of nitrogens with two attached hydrogens (primary N) is 1. The van der Waals surface area contributed by atoms with Gasteiger partial charge in [-0.2, -0.15) is 5.10 Å². The topological polar surface area (TPSA) is 125 Å². The van der Waals surface area contributed by atoms with Gasteiger partial charge in [0.25, 0.3) is 11.5 Å². The van der Waals surface area contributed by atoms with Crippen LogP contribution in [-0.4, -0.2) is 69.8 Å². The number of anilines is 1. The Kier molecular flexibility index (Phi) is 7.99. The third-order valence-corrected chi connectivity index (χ3v) is 7.59. The lowest BCUT2D eigenvalue weighted by Crippen LogP contribution is -2.48. The Bertz CT molecular complexity index is 1560. The number of carbonyl (C=O) groups excluding carboxylic acids is 1. The lowest BCUT2D eigenvalue weighted by Gasteiger charge is -2.35. The number of piperazine rings is 1. The average Bonchev–Trinajstić information content (AvgIpc) is 3.37. The van der Waals surface area contributed by atoms with E-state index >= 15 is 0 Å². The molecule has 0 atom stereocenters. The van der Waals surface area contributed by atoms with Crippen LogP contribution in [0.25, 0.3) is 22.0 Å². The minimum Gasteiger partial charge on any atom is -0.354 e. The molecule has 0 radical (unpaired) electrons. The van der Waals surface area contributed by atoms with Gasteiger partial charge in [-0.3, -0.25) is 19.2 Å².